The summed E-state index contributed by atoms with van der Waals surface area (Å²) in [5.41, 5.74) is 1.70. The highest BCUT2D eigenvalue weighted by Crippen LogP contribution is 2.22. The molecule has 116 valence electrons. The molecule has 2 N–H and O–H groups in total. The predicted molar refractivity (Wildman–Crippen MR) is 85.4 cm³/mol. The Kier molecular flexibility index (Phi) is 3.94. The van der Waals surface area contributed by atoms with Gasteiger partial charge in [-0.05, 0) is 18.2 Å². The van der Waals surface area contributed by atoms with Crippen LogP contribution in [0.1, 0.15) is 16.2 Å². The average Bonchev–Trinajstić information content (AvgIpc) is 2.95. The standard InChI is InChI=1S/C15H11ClN4O3/c16-11-7-9(20(22)23)5-6-10(11)15(21)17-8-14-18-12-3-1-2-4-13(12)19-14/h1-7H,8H2,(H,17,21)(H,18,19). The summed E-state index contributed by atoms with van der Waals surface area (Å²) in [5.74, 6) is 0.183. The van der Waals surface area contributed by atoms with Gasteiger partial charge in [0.05, 0.1) is 33.1 Å². The normalized spacial score (nSPS) is 10.7. The summed E-state index contributed by atoms with van der Waals surface area (Å²) in [5, 5.41) is 13.4. The lowest BCUT2D eigenvalue weighted by Gasteiger charge is -2.05. The first-order valence-corrected chi connectivity index (χ1v) is 7.08. The number of carbonyl (C=O) groups is 1. The van der Waals surface area contributed by atoms with E-state index in [1.807, 2.05) is 24.3 Å². The van der Waals surface area contributed by atoms with Crippen LogP contribution in [0.5, 0.6) is 0 Å². The number of nitro benzene ring substituents is 1. The second kappa shape index (κ2) is 6.05. The first kappa shape index (κ1) is 15.0. The van der Waals surface area contributed by atoms with Crippen LogP contribution in [0, 0.1) is 10.1 Å². The van der Waals surface area contributed by atoms with Crippen LogP contribution >= 0.6 is 11.6 Å². The summed E-state index contributed by atoms with van der Waals surface area (Å²) in [7, 11) is 0. The third kappa shape index (κ3) is 3.14. The third-order valence-corrected chi connectivity index (χ3v) is 3.58. The molecule has 1 heterocycles. The van der Waals surface area contributed by atoms with Crippen LogP contribution in [0.15, 0.2) is 42.5 Å². The summed E-state index contributed by atoms with van der Waals surface area (Å²) in [4.78, 5) is 29.7. The molecule has 0 aliphatic carbocycles. The maximum absolute atomic E-state index is 12.1. The number of nitro groups is 1. The van der Waals surface area contributed by atoms with Gasteiger partial charge in [0.2, 0.25) is 0 Å². The van der Waals surface area contributed by atoms with Gasteiger partial charge >= 0.3 is 0 Å². The number of nitrogens with zero attached hydrogens (tertiary/aromatic N) is 2. The van der Waals surface area contributed by atoms with Crippen molar-refractivity contribution in [2.75, 3.05) is 0 Å². The molecular weight excluding hydrogens is 320 g/mol. The number of imidazole rings is 1. The Bertz CT molecular complexity index is 874. The molecule has 0 atom stereocenters. The van der Waals surface area contributed by atoms with Gasteiger partial charge in [0.15, 0.2) is 0 Å². The molecule has 0 saturated carbocycles. The number of benzene rings is 2. The zero-order chi connectivity index (χ0) is 16.4. The van der Waals surface area contributed by atoms with E-state index in [1.54, 1.807) is 0 Å². The van der Waals surface area contributed by atoms with E-state index in [0.29, 0.717) is 5.82 Å². The van der Waals surface area contributed by atoms with Crippen molar-refractivity contribution in [3.8, 4) is 0 Å². The Labute approximate surface area is 135 Å². The number of para-hydroxylation sites is 2. The lowest BCUT2D eigenvalue weighted by atomic mass is 10.2. The zero-order valence-corrected chi connectivity index (χ0v) is 12.5. The highest BCUT2D eigenvalue weighted by Gasteiger charge is 2.15. The largest absolute Gasteiger partial charge is 0.345 e. The van der Waals surface area contributed by atoms with Crippen LogP contribution < -0.4 is 5.32 Å². The number of aromatic amines is 1. The van der Waals surface area contributed by atoms with E-state index in [4.69, 9.17) is 11.6 Å². The van der Waals surface area contributed by atoms with Gasteiger partial charge in [0, 0.05) is 12.1 Å². The molecule has 0 saturated heterocycles. The van der Waals surface area contributed by atoms with Gasteiger partial charge < -0.3 is 10.3 Å². The Hall–Kier alpha value is -2.93. The molecule has 0 aliphatic heterocycles. The van der Waals surface area contributed by atoms with Crippen LogP contribution in [0.25, 0.3) is 11.0 Å². The SMILES string of the molecule is O=C(NCc1nc2ccccc2[nH]1)c1ccc([N+](=O)[O-])cc1Cl. The maximum Gasteiger partial charge on any atom is 0.270 e. The molecule has 23 heavy (non-hydrogen) atoms. The van der Waals surface area contributed by atoms with Gasteiger partial charge in [-0.2, -0.15) is 0 Å². The maximum atomic E-state index is 12.1. The fourth-order valence-corrected chi connectivity index (χ4v) is 2.41. The van der Waals surface area contributed by atoms with E-state index < -0.39 is 10.8 Å². The minimum Gasteiger partial charge on any atom is -0.345 e. The number of rotatable bonds is 4. The zero-order valence-electron chi connectivity index (χ0n) is 11.7. The summed E-state index contributed by atoms with van der Waals surface area (Å²) >= 11 is 5.93. The fourth-order valence-electron chi connectivity index (χ4n) is 2.15. The van der Waals surface area contributed by atoms with Crippen molar-refractivity contribution in [2.24, 2.45) is 0 Å². The van der Waals surface area contributed by atoms with Gasteiger partial charge in [-0.25, -0.2) is 4.98 Å². The van der Waals surface area contributed by atoms with Gasteiger partial charge in [-0.3, -0.25) is 14.9 Å². The van der Waals surface area contributed by atoms with Crippen molar-refractivity contribution in [3.05, 3.63) is 69.0 Å². The van der Waals surface area contributed by atoms with Crippen LogP contribution in [-0.2, 0) is 6.54 Å². The molecule has 0 aliphatic rings. The first-order valence-electron chi connectivity index (χ1n) is 6.70. The number of nitrogens with one attached hydrogen (secondary N) is 2. The number of non-ortho nitro benzene ring substituents is 1. The van der Waals surface area contributed by atoms with Crippen molar-refractivity contribution in [1.82, 2.24) is 15.3 Å². The molecule has 3 aromatic rings. The van der Waals surface area contributed by atoms with Gasteiger partial charge in [-0.15, -0.1) is 0 Å². The lowest BCUT2D eigenvalue weighted by Crippen LogP contribution is -2.23. The van der Waals surface area contributed by atoms with Gasteiger partial charge in [-0.1, -0.05) is 23.7 Å². The molecule has 0 unspecified atom stereocenters. The molecule has 8 heteroatoms. The summed E-state index contributed by atoms with van der Waals surface area (Å²) < 4.78 is 0. The minimum absolute atomic E-state index is 0.0290. The van der Waals surface area contributed by atoms with Crippen molar-refractivity contribution in [3.63, 3.8) is 0 Å². The molecule has 1 amide bonds. The first-order chi connectivity index (χ1) is 11.0. The quantitative estimate of drug-likeness (QED) is 0.567. The Morgan fingerprint density at radius 2 is 2.09 bits per heavy atom. The molecule has 7 nitrogen and oxygen atoms in total. The second-order valence-corrected chi connectivity index (χ2v) is 5.21. The van der Waals surface area contributed by atoms with Gasteiger partial charge in [0.25, 0.3) is 11.6 Å². The number of aromatic nitrogens is 2. The summed E-state index contributed by atoms with van der Waals surface area (Å²) in [6, 6.07) is 11.2. The van der Waals surface area contributed by atoms with E-state index >= 15 is 0 Å². The second-order valence-electron chi connectivity index (χ2n) is 4.80. The van der Waals surface area contributed by atoms with Crippen molar-refractivity contribution in [2.45, 2.75) is 6.54 Å². The van der Waals surface area contributed by atoms with Crippen LogP contribution in [0.4, 0.5) is 5.69 Å². The fraction of sp³-hybridized carbons (Fsp3) is 0.0667. The topological polar surface area (TPSA) is 101 Å². The number of H-pyrrole nitrogens is 1. The van der Waals surface area contributed by atoms with Crippen LogP contribution in [0.3, 0.4) is 0 Å². The summed E-state index contributed by atoms with van der Waals surface area (Å²) in [6.07, 6.45) is 0. The number of fused-ring (bicyclic) bond motifs is 1. The number of halogens is 1. The van der Waals surface area contributed by atoms with Crippen LogP contribution in [-0.4, -0.2) is 20.8 Å². The highest BCUT2D eigenvalue weighted by atomic mass is 35.5. The summed E-state index contributed by atoms with van der Waals surface area (Å²) in [6.45, 7) is 0.195. The molecular formula is C15H11ClN4O3. The smallest absolute Gasteiger partial charge is 0.270 e. The molecule has 1 aromatic heterocycles. The predicted octanol–water partition coefficient (Wildman–Crippen LogP) is 3.05. The average molecular weight is 331 g/mol. The minimum atomic E-state index is -0.567. The Morgan fingerprint density at radius 1 is 1.30 bits per heavy atom. The van der Waals surface area contributed by atoms with E-state index in [1.165, 1.54) is 12.1 Å². The number of carbonyl (C=O) groups excluding carboxylic acids is 1. The molecule has 0 radical (unpaired) electrons. The van der Waals surface area contributed by atoms with Gasteiger partial charge in [0.1, 0.15) is 5.82 Å². The van der Waals surface area contributed by atoms with E-state index in [2.05, 4.69) is 15.3 Å². The van der Waals surface area contributed by atoms with Crippen molar-refractivity contribution in [1.29, 1.82) is 0 Å². The Balaban J connectivity index is 1.73. The van der Waals surface area contributed by atoms with Crippen molar-refractivity contribution >= 4 is 34.2 Å². The van der Waals surface area contributed by atoms with Crippen LogP contribution in [0.2, 0.25) is 5.02 Å². The van der Waals surface area contributed by atoms with E-state index in [9.17, 15) is 14.9 Å². The van der Waals surface area contributed by atoms with Crippen molar-refractivity contribution < 1.29 is 9.72 Å². The molecule has 0 bridgehead atoms. The molecule has 2 aromatic carbocycles. The monoisotopic (exact) mass is 330 g/mol. The number of hydrogen-bond donors (Lipinski definition) is 2. The van der Waals surface area contributed by atoms with E-state index in [-0.39, 0.29) is 22.8 Å². The highest BCUT2D eigenvalue weighted by molar-refractivity contribution is 6.34. The van der Waals surface area contributed by atoms with E-state index in [0.717, 1.165) is 17.1 Å². The number of hydrogen-bond acceptors (Lipinski definition) is 4. The third-order valence-electron chi connectivity index (χ3n) is 3.26. The molecule has 0 fully saturated rings. The molecule has 3 rings (SSSR count). The lowest BCUT2D eigenvalue weighted by molar-refractivity contribution is -0.384. The Morgan fingerprint density at radius 3 is 2.78 bits per heavy atom. The number of amides is 1. The molecule has 0 spiro atoms.